The largest absolute Gasteiger partial charge is 0.508 e. The zero-order chi connectivity index (χ0) is 16.9. The summed E-state index contributed by atoms with van der Waals surface area (Å²) in [6.45, 7) is 4.68. The molecule has 2 heterocycles. The Morgan fingerprint density at radius 2 is 2.00 bits per heavy atom. The number of rotatable bonds is 5. The van der Waals surface area contributed by atoms with Gasteiger partial charge in [0, 0.05) is 19.7 Å². The van der Waals surface area contributed by atoms with E-state index in [1.807, 2.05) is 24.0 Å². The van der Waals surface area contributed by atoms with Crippen molar-refractivity contribution in [1.29, 1.82) is 0 Å². The molecule has 2 aliphatic rings. The van der Waals surface area contributed by atoms with Crippen molar-refractivity contribution in [3.63, 3.8) is 0 Å². The molecule has 1 aromatic carbocycles. The fourth-order valence-corrected chi connectivity index (χ4v) is 3.54. The molecule has 1 N–H and O–H groups in total. The van der Waals surface area contributed by atoms with Crippen LogP contribution in [0.4, 0.5) is 0 Å². The van der Waals surface area contributed by atoms with Crippen LogP contribution in [0.25, 0.3) is 0 Å². The van der Waals surface area contributed by atoms with Gasteiger partial charge in [-0.05, 0) is 56.2 Å². The van der Waals surface area contributed by atoms with Crippen LogP contribution >= 0.6 is 0 Å². The number of hydrogen-bond donors (Lipinski definition) is 1. The minimum absolute atomic E-state index is 0.0807. The smallest absolute Gasteiger partial charge is 0.251 e. The Bertz CT molecular complexity index is 531. The van der Waals surface area contributed by atoms with Crippen molar-refractivity contribution in [3.8, 4) is 5.75 Å². The first kappa shape index (κ1) is 17.2. The van der Waals surface area contributed by atoms with Gasteiger partial charge in [0.2, 0.25) is 0 Å². The second-order valence-electron chi connectivity index (χ2n) is 6.80. The van der Waals surface area contributed by atoms with Crippen molar-refractivity contribution in [2.45, 2.75) is 50.7 Å². The number of phenolic OH excluding ortho intramolecular Hbond substituents is 1. The van der Waals surface area contributed by atoms with Crippen molar-refractivity contribution in [2.24, 2.45) is 0 Å². The first-order valence-electron chi connectivity index (χ1n) is 8.94. The molecule has 0 aromatic heterocycles. The summed E-state index contributed by atoms with van der Waals surface area (Å²) in [4.78, 5) is 14.4. The van der Waals surface area contributed by atoms with Crippen LogP contribution in [0.5, 0.6) is 5.75 Å². The number of amides is 1. The predicted molar refractivity (Wildman–Crippen MR) is 91.0 cm³/mol. The van der Waals surface area contributed by atoms with Crippen LogP contribution in [-0.4, -0.2) is 54.4 Å². The Kier molecular flexibility index (Phi) is 5.74. The topological polar surface area (TPSA) is 59.0 Å². The van der Waals surface area contributed by atoms with E-state index in [9.17, 15) is 9.90 Å². The number of nitrogens with zero attached hydrogens (tertiary/aromatic N) is 1. The lowest BCUT2D eigenvalue weighted by molar-refractivity contribution is -0.145. The molecule has 0 bridgehead atoms. The number of ether oxygens (including phenoxy) is 2. The van der Waals surface area contributed by atoms with Gasteiger partial charge in [-0.25, -0.2) is 0 Å². The van der Waals surface area contributed by atoms with Gasteiger partial charge in [-0.3, -0.25) is 4.79 Å². The molecule has 132 valence electrons. The molecule has 1 aromatic rings. The van der Waals surface area contributed by atoms with E-state index in [2.05, 4.69) is 0 Å². The number of hydrogen-bond acceptors (Lipinski definition) is 4. The number of phenols is 1. The quantitative estimate of drug-likeness (QED) is 0.900. The average molecular weight is 333 g/mol. The Balaban J connectivity index is 1.44. The van der Waals surface area contributed by atoms with Crippen LogP contribution in [0.2, 0.25) is 0 Å². The van der Waals surface area contributed by atoms with Gasteiger partial charge in [0.15, 0.2) is 0 Å². The van der Waals surface area contributed by atoms with Gasteiger partial charge >= 0.3 is 0 Å². The third kappa shape index (κ3) is 4.28. The van der Waals surface area contributed by atoms with Crippen LogP contribution in [0, 0.1) is 0 Å². The van der Waals surface area contributed by atoms with E-state index in [-0.39, 0.29) is 12.0 Å². The molecular formula is C19H27NO4. The lowest BCUT2D eigenvalue weighted by Crippen LogP contribution is -2.44. The SMILES string of the molecule is C[C@@H](OC[C@H]1CCCO1)C(=O)N1CCC(c2ccc(O)cc2)CC1. The normalized spacial score (nSPS) is 23.4. The fraction of sp³-hybridized carbons (Fsp3) is 0.632. The van der Waals surface area contributed by atoms with Crippen molar-refractivity contribution in [1.82, 2.24) is 4.90 Å². The van der Waals surface area contributed by atoms with Gasteiger partial charge in [-0.15, -0.1) is 0 Å². The average Bonchev–Trinajstić information content (AvgIpc) is 3.13. The Hall–Kier alpha value is -1.59. The summed E-state index contributed by atoms with van der Waals surface area (Å²) < 4.78 is 11.3. The summed E-state index contributed by atoms with van der Waals surface area (Å²) in [5.41, 5.74) is 1.24. The monoisotopic (exact) mass is 333 g/mol. The highest BCUT2D eigenvalue weighted by atomic mass is 16.5. The predicted octanol–water partition coefficient (Wildman–Crippen LogP) is 2.68. The van der Waals surface area contributed by atoms with Gasteiger partial charge in [0.25, 0.3) is 5.91 Å². The van der Waals surface area contributed by atoms with Gasteiger partial charge in [-0.2, -0.15) is 0 Å². The Morgan fingerprint density at radius 3 is 2.62 bits per heavy atom. The standard InChI is InChI=1S/C19H27NO4/c1-14(24-13-18-3-2-12-23-18)19(22)20-10-8-16(9-11-20)15-4-6-17(21)7-5-15/h4-7,14,16,18,21H,2-3,8-13H2,1H3/t14-,18-/m1/s1. The van der Waals surface area contributed by atoms with Gasteiger partial charge < -0.3 is 19.5 Å². The molecule has 0 radical (unpaired) electrons. The van der Waals surface area contributed by atoms with Crippen molar-refractivity contribution < 1.29 is 19.4 Å². The van der Waals surface area contributed by atoms with Gasteiger partial charge in [0.05, 0.1) is 12.7 Å². The van der Waals surface area contributed by atoms with E-state index in [1.54, 1.807) is 12.1 Å². The Labute approximate surface area is 143 Å². The first-order chi connectivity index (χ1) is 11.6. The highest BCUT2D eigenvalue weighted by Crippen LogP contribution is 2.29. The maximum atomic E-state index is 12.5. The van der Waals surface area contributed by atoms with Crippen LogP contribution in [0.1, 0.15) is 44.1 Å². The highest BCUT2D eigenvalue weighted by molar-refractivity contribution is 5.80. The molecule has 2 aliphatic heterocycles. The van der Waals surface area contributed by atoms with Crippen molar-refractivity contribution in [3.05, 3.63) is 29.8 Å². The van der Waals surface area contributed by atoms with E-state index in [4.69, 9.17) is 9.47 Å². The number of aromatic hydroxyl groups is 1. The summed E-state index contributed by atoms with van der Waals surface area (Å²) in [6.07, 6.45) is 3.77. The zero-order valence-corrected chi connectivity index (χ0v) is 14.3. The number of piperidine rings is 1. The second-order valence-corrected chi connectivity index (χ2v) is 6.80. The van der Waals surface area contributed by atoms with E-state index in [0.717, 1.165) is 45.4 Å². The number of benzene rings is 1. The molecule has 2 saturated heterocycles. The Morgan fingerprint density at radius 1 is 1.29 bits per heavy atom. The fourth-order valence-electron chi connectivity index (χ4n) is 3.54. The first-order valence-corrected chi connectivity index (χ1v) is 8.94. The number of likely N-dealkylation sites (tertiary alicyclic amines) is 1. The van der Waals surface area contributed by atoms with Crippen LogP contribution < -0.4 is 0 Å². The summed E-state index contributed by atoms with van der Waals surface area (Å²) >= 11 is 0. The number of carbonyl (C=O) groups excluding carboxylic acids is 1. The van der Waals surface area contributed by atoms with Crippen LogP contribution in [0.15, 0.2) is 24.3 Å². The molecule has 24 heavy (non-hydrogen) atoms. The zero-order valence-electron chi connectivity index (χ0n) is 14.3. The van der Waals surface area contributed by atoms with Crippen LogP contribution in [-0.2, 0) is 14.3 Å². The summed E-state index contributed by atoms with van der Waals surface area (Å²) in [7, 11) is 0. The summed E-state index contributed by atoms with van der Waals surface area (Å²) in [6, 6.07) is 7.41. The molecule has 0 spiro atoms. The third-order valence-electron chi connectivity index (χ3n) is 5.07. The van der Waals surface area contributed by atoms with Gasteiger partial charge in [-0.1, -0.05) is 12.1 Å². The van der Waals surface area contributed by atoms with Crippen LogP contribution in [0.3, 0.4) is 0 Å². The van der Waals surface area contributed by atoms with E-state index < -0.39 is 6.10 Å². The molecule has 5 nitrogen and oxygen atoms in total. The molecule has 0 unspecified atom stereocenters. The van der Waals surface area contributed by atoms with Gasteiger partial charge in [0.1, 0.15) is 11.9 Å². The molecule has 2 fully saturated rings. The van der Waals surface area contributed by atoms with E-state index in [0.29, 0.717) is 18.3 Å². The molecule has 0 saturated carbocycles. The number of carbonyl (C=O) groups is 1. The van der Waals surface area contributed by atoms with Crippen molar-refractivity contribution >= 4 is 5.91 Å². The maximum absolute atomic E-state index is 12.5. The molecule has 3 rings (SSSR count). The maximum Gasteiger partial charge on any atom is 0.251 e. The minimum Gasteiger partial charge on any atom is -0.508 e. The third-order valence-corrected chi connectivity index (χ3v) is 5.07. The van der Waals surface area contributed by atoms with Crippen molar-refractivity contribution in [2.75, 3.05) is 26.3 Å². The summed E-state index contributed by atoms with van der Waals surface area (Å²) in [5, 5.41) is 9.38. The molecule has 1 amide bonds. The summed E-state index contributed by atoms with van der Waals surface area (Å²) in [5.74, 6) is 0.832. The van der Waals surface area contributed by atoms with E-state index in [1.165, 1.54) is 5.56 Å². The molecule has 0 aliphatic carbocycles. The molecule has 5 heteroatoms. The highest BCUT2D eigenvalue weighted by Gasteiger charge is 2.28. The van der Waals surface area contributed by atoms with E-state index >= 15 is 0 Å². The molecule has 2 atom stereocenters. The molecular weight excluding hydrogens is 306 g/mol. The lowest BCUT2D eigenvalue weighted by Gasteiger charge is -2.34. The lowest BCUT2D eigenvalue weighted by atomic mass is 9.89. The minimum atomic E-state index is -0.403. The second kappa shape index (κ2) is 7.99.